The molecule has 0 saturated heterocycles. The van der Waals surface area contributed by atoms with Gasteiger partial charge in [0.1, 0.15) is 0 Å². The lowest BCUT2D eigenvalue weighted by Gasteiger charge is -2.03. The number of carbonyl (C=O) groups is 1. The zero-order valence-electron chi connectivity index (χ0n) is 10.3. The molecular formula is C13H17ClN2O. The van der Waals surface area contributed by atoms with E-state index in [4.69, 9.17) is 11.6 Å². The van der Waals surface area contributed by atoms with Gasteiger partial charge in [-0.3, -0.25) is 9.48 Å². The van der Waals surface area contributed by atoms with Gasteiger partial charge in [0.15, 0.2) is 5.78 Å². The molecule has 1 heterocycles. The number of rotatable bonds is 4. The number of halogens is 1. The third-order valence-corrected chi connectivity index (χ3v) is 3.67. The standard InChI is InChI=1S/C13H17ClN2O/c1-3-10-13(14)11(16(2)15-10)8-12(17)9-6-4-5-7-9/h6H,3-5,7-8H2,1-2H3. The van der Waals surface area contributed by atoms with E-state index in [1.54, 1.807) is 4.68 Å². The van der Waals surface area contributed by atoms with Crippen molar-refractivity contribution in [3.8, 4) is 0 Å². The smallest absolute Gasteiger partial charge is 0.164 e. The summed E-state index contributed by atoms with van der Waals surface area (Å²) in [6.45, 7) is 2.01. The predicted octanol–water partition coefficient (Wildman–Crippen LogP) is 2.86. The number of allylic oxidation sites excluding steroid dienone is 2. The molecule has 0 bridgehead atoms. The molecule has 0 saturated carbocycles. The van der Waals surface area contributed by atoms with E-state index in [0.29, 0.717) is 11.4 Å². The minimum absolute atomic E-state index is 0.190. The maximum atomic E-state index is 12.0. The lowest BCUT2D eigenvalue weighted by atomic mass is 10.1. The van der Waals surface area contributed by atoms with Gasteiger partial charge < -0.3 is 0 Å². The Hall–Kier alpha value is -1.09. The van der Waals surface area contributed by atoms with E-state index < -0.39 is 0 Å². The summed E-state index contributed by atoms with van der Waals surface area (Å²) in [4.78, 5) is 12.0. The van der Waals surface area contributed by atoms with Crippen molar-refractivity contribution in [2.45, 2.75) is 39.0 Å². The van der Waals surface area contributed by atoms with Gasteiger partial charge in [-0.1, -0.05) is 24.6 Å². The molecule has 17 heavy (non-hydrogen) atoms. The van der Waals surface area contributed by atoms with E-state index >= 15 is 0 Å². The van der Waals surface area contributed by atoms with Crippen LogP contribution in [0.1, 0.15) is 37.6 Å². The molecule has 3 nitrogen and oxygen atoms in total. The van der Waals surface area contributed by atoms with Gasteiger partial charge in [-0.25, -0.2) is 0 Å². The number of nitrogens with zero attached hydrogens (tertiary/aromatic N) is 2. The van der Waals surface area contributed by atoms with E-state index in [0.717, 1.165) is 42.6 Å². The number of aromatic nitrogens is 2. The summed E-state index contributed by atoms with van der Waals surface area (Å²) in [5, 5.41) is 4.98. The summed E-state index contributed by atoms with van der Waals surface area (Å²) in [5.41, 5.74) is 2.67. The first-order valence-corrected chi connectivity index (χ1v) is 6.43. The van der Waals surface area contributed by atoms with Crippen LogP contribution in [0.2, 0.25) is 5.02 Å². The molecule has 0 aliphatic heterocycles. The molecule has 0 atom stereocenters. The quantitative estimate of drug-likeness (QED) is 0.826. The Morgan fingerprint density at radius 3 is 2.88 bits per heavy atom. The molecule has 0 amide bonds. The highest BCUT2D eigenvalue weighted by Crippen LogP contribution is 2.24. The van der Waals surface area contributed by atoms with Crippen LogP contribution < -0.4 is 0 Å². The van der Waals surface area contributed by atoms with Crippen molar-refractivity contribution in [1.82, 2.24) is 9.78 Å². The number of ketones is 1. The molecule has 0 fully saturated rings. The molecule has 4 heteroatoms. The van der Waals surface area contributed by atoms with Crippen LogP contribution in [0.5, 0.6) is 0 Å². The minimum atomic E-state index is 0.190. The summed E-state index contributed by atoms with van der Waals surface area (Å²) in [6.07, 6.45) is 6.25. The monoisotopic (exact) mass is 252 g/mol. The van der Waals surface area contributed by atoms with E-state index in [1.165, 1.54) is 0 Å². The van der Waals surface area contributed by atoms with Crippen molar-refractivity contribution in [2.24, 2.45) is 7.05 Å². The number of Topliss-reactive ketones (excluding diaryl/α,β-unsaturated/α-hetero) is 1. The number of hydrogen-bond acceptors (Lipinski definition) is 2. The minimum Gasteiger partial charge on any atom is -0.294 e. The molecule has 0 N–H and O–H groups in total. The van der Waals surface area contributed by atoms with Crippen molar-refractivity contribution in [2.75, 3.05) is 0 Å². The fourth-order valence-corrected chi connectivity index (χ4v) is 2.56. The van der Waals surface area contributed by atoms with Crippen LogP contribution in [0.15, 0.2) is 11.6 Å². The normalized spacial score (nSPS) is 15.1. The first-order chi connectivity index (χ1) is 8.13. The highest BCUT2D eigenvalue weighted by molar-refractivity contribution is 6.32. The Labute approximate surface area is 106 Å². The largest absolute Gasteiger partial charge is 0.294 e. The second-order valence-corrected chi connectivity index (χ2v) is 4.78. The number of hydrogen-bond donors (Lipinski definition) is 0. The zero-order valence-corrected chi connectivity index (χ0v) is 11.0. The van der Waals surface area contributed by atoms with Crippen LogP contribution in [0.25, 0.3) is 0 Å². The Morgan fingerprint density at radius 1 is 1.59 bits per heavy atom. The highest BCUT2D eigenvalue weighted by atomic mass is 35.5. The molecule has 0 unspecified atom stereocenters. The SMILES string of the molecule is CCc1nn(C)c(CC(=O)C2=CCCC2)c1Cl. The van der Waals surface area contributed by atoms with Crippen molar-refractivity contribution < 1.29 is 4.79 Å². The molecule has 0 spiro atoms. The van der Waals surface area contributed by atoms with Crippen LogP contribution in [0.4, 0.5) is 0 Å². The molecule has 0 radical (unpaired) electrons. The molecule has 1 aliphatic rings. The first-order valence-electron chi connectivity index (χ1n) is 6.06. The van der Waals surface area contributed by atoms with Gasteiger partial charge in [0, 0.05) is 7.05 Å². The summed E-state index contributed by atoms with van der Waals surface area (Å²) >= 11 is 6.23. The Balaban J connectivity index is 2.18. The number of carbonyl (C=O) groups excluding carboxylic acids is 1. The van der Waals surface area contributed by atoms with Crippen LogP contribution in [-0.2, 0) is 24.7 Å². The maximum absolute atomic E-state index is 12.0. The topological polar surface area (TPSA) is 34.9 Å². The highest BCUT2D eigenvalue weighted by Gasteiger charge is 2.19. The van der Waals surface area contributed by atoms with Gasteiger partial charge in [-0.15, -0.1) is 0 Å². The van der Waals surface area contributed by atoms with Gasteiger partial charge in [-0.2, -0.15) is 5.10 Å². The van der Waals surface area contributed by atoms with E-state index in [2.05, 4.69) is 5.10 Å². The second kappa shape index (κ2) is 5.05. The summed E-state index contributed by atoms with van der Waals surface area (Å²) in [6, 6.07) is 0. The van der Waals surface area contributed by atoms with Gasteiger partial charge in [0.05, 0.1) is 22.8 Å². The van der Waals surface area contributed by atoms with Crippen molar-refractivity contribution >= 4 is 17.4 Å². The van der Waals surface area contributed by atoms with E-state index in [9.17, 15) is 4.79 Å². The van der Waals surface area contributed by atoms with E-state index in [1.807, 2.05) is 20.0 Å². The van der Waals surface area contributed by atoms with Crippen LogP contribution >= 0.6 is 11.6 Å². The fraction of sp³-hybridized carbons (Fsp3) is 0.538. The molecule has 2 rings (SSSR count). The third-order valence-electron chi connectivity index (χ3n) is 3.23. The van der Waals surface area contributed by atoms with E-state index in [-0.39, 0.29) is 5.78 Å². The molecular weight excluding hydrogens is 236 g/mol. The Bertz CT molecular complexity index is 474. The Kier molecular flexibility index (Phi) is 3.67. The van der Waals surface area contributed by atoms with Gasteiger partial charge >= 0.3 is 0 Å². The molecule has 1 aliphatic carbocycles. The summed E-state index contributed by atoms with van der Waals surface area (Å²) < 4.78 is 1.73. The lowest BCUT2D eigenvalue weighted by Crippen LogP contribution is -2.09. The van der Waals surface area contributed by atoms with Gasteiger partial charge in [-0.05, 0) is 31.3 Å². The average Bonchev–Trinajstić information content (AvgIpc) is 2.92. The molecule has 1 aromatic rings. The first kappa shape index (κ1) is 12.4. The lowest BCUT2D eigenvalue weighted by molar-refractivity contribution is -0.115. The third kappa shape index (κ3) is 2.44. The molecule has 92 valence electrons. The summed E-state index contributed by atoms with van der Waals surface area (Å²) in [5.74, 6) is 0.190. The zero-order chi connectivity index (χ0) is 12.4. The Morgan fingerprint density at radius 2 is 2.35 bits per heavy atom. The van der Waals surface area contributed by atoms with Crippen molar-refractivity contribution in [3.05, 3.63) is 28.1 Å². The second-order valence-electron chi connectivity index (χ2n) is 4.41. The summed E-state index contributed by atoms with van der Waals surface area (Å²) in [7, 11) is 1.84. The molecule has 1 aromatic heterocycles. The average molecular weight is 253 g/mol. The van der Waals surface area contributed by atoms with Crippen molar-refractivity contribution in [1.29, 1.82) is 0 Å². The van der Waals surface area contributed by atoms with Crippen LogP contribution in [0.3, 0.4) is 0 Å². The molecule has 0 aromatic carbocycles. The van der Waals surface area contributed by atoms with Gasteiger partial charge in [0.25, 0.3) is 0 Å². The predicted molar refractivity (Wildman–Crippen MR) is 68.2 cm³/mol. The van der Waals surface area contributed by atoms with Crippen molar-refractivity contribution in [3.63, 3.8) is 0 Å². The fourth-order valence-electron chi connectivity index (χ4n) is 2.20. The van der Waals surface area contributed by atoms with Crippen LogP contribution in [0, 0.1) is 0 Å². The van der Waals surface area contributed by atoms with Gasteiger partial charge in [0.2, 0.25) is 0 Å². The maximum Gasteiger partial charge on any atom is 0.164 e. The number of aryl methyl sites for hydroxylation is 2. The van der Waals surface area contributed by atoms with Crippen LogP contribution in [-0.4, -0.2) is 15.6 Å².